The summed E-state index contributed by atoms with van der Waals surface area (Å²) in [5.74, 6) is 2.32. The van der Waals surface area contributed by atoms with Crippen molar-refractivity contribution < 1.29 is 14.3 Å². The van der Waals surface area contributed by atoms with Gasteiger partial charge in [0, 0.05) is 5.92 Å². The lowest BCUT2D eigenvalue weighted by molar-refractivity contribution is 0.0794. The van der Waals surface area contributed by atoms with Crippen molar-refractivity contribution in [1.29, 1.82) is 0 Å². The van der Waals surface area contributed by atoms with Gasteiger partial charge < -0.3 is 9.47 Å². The van der Waals surface area contributed by atoms with Gasteiger partial charge in [0.25, 0.3) is 0 Å². The Hall–Kier alpha value is -0.730. The van der Waals surface area contributed by atoms with E-state index in [2.05, 4.69) is 0 Å². The molecule has 1 heterocycles. The zero-order valence-electron chi connectivity index (χ0n) is 7.57. The maximum absolute atomic E-state index is 10.8. The minimum Gasteiger partial charge on any atom is -0.430 e. The molecule has 3 fully saturated rings. The molecule has 3 rings (SSSR count). The van der Waals surface area contributed by atoms with Crippen molar-refractivity contribution in [2.75, 3.05) is 6.61 Å². The molecule has 3 aliphatic rings. The van der Waals surface area contributed by atoms with E-state index < -0.39 is 6.16 Å². The molecule has 0 amide bonds. The fraction of sp³-hybridized carbons (Fsp3) is 0.900. The predicted molar refractivity (Wildman–Crippen MR) is 45.2 cm³/mol. The number of carbonyl (C=O) groups is 1. The summed E-state index contributed by atoms with van der Waals surface area (Å²) in [7, 11) is 0. The molecule has 3 heteroatoms. The molecular weight excluding hydrogens is 168 g/mol. The summed E-state index contributed by atoms with van der Waals surface area (Å²) in [4.78, 5) is 10.8. The summed E-state index contributed by atoms with van der Waals surface area (Å²) in [5.41, 5.74) is 0. The van der Waals surface area contributed by atoms with E-state index in [1.165, 1.54) is 25.7 Å². The lowest BCUT2D eigenvalue weighted by atomic mass is 9.85. The lowest BCUT2D eigenvalue weighted by Gasteiger charge is -2.24. The first-order chi connectivity index (χ1) is 6.33. The van der Waals surface area contributed by atoms with Crippen LogP contribution < -0.4 is 0 Å². The highest BCUT2D eigenvalue weighted by atomic mass is 16.8. The number of cyclic esters (lactones) is 2. The van der Waals surface area contributed by atoms with E-state index >= 15 is 0 Å². The first-order valence-electron chi connectivity index (χ1n) is 5.16. The summed E-state index contributed by atoms with van der Waals surface area (Å²) < 4.78 is 9.96. The van der Waals surface area contributed by atoms with Gasteiger partial charge in [-0.15, -0.1) is 0 Å². The highest BCUT2D eigenvalue weighted by molar-refractivity contribution is 5.61. The molecule has 0 aromatic carbocycles. The number of hydrogen-bond acceptors (Lipinski definition) is 3. The second-order valence-electron chi connectivity index (χ2n) is 4.56. The third kappa shape index (κ3) is 1.13. The summed E-state index contributed by atoms with van der Waals surface area (Å²) in [6.45, 7) is 0.493. The predicted octanol–water partition coefficient (Wildman–Crippen LogP) is 1.96. The molecule has 0 spiro atoms. The van der Waals surface area contributed by atoms with Gasteiger partial charge >= 0.3 is 6.16 Å². The van der Waals surface area contributed by atoms with Gasteiger partial charge in [-0.3, -0.25) is 0 Å². The Morgan fingerprint density at radius 1 is 1.23 bits per heavy atom. The molecule has 1 aliphatic heterocycles. The molecule has 2 saturated carbocycles. The molecule has 13 heavy (non-hydrogen) atoms. The molecule has 0 aromatic heterocycles. The van der Waals surface area contributed by atoms with Crippen LogP contribution in [0.25, 0.3) is 0 Å². The van der Waals surface area contributed by atoms with Crippen LogP contribution in [0.15, 0.2) is 0 Å². The Bertz CT molecular complexity index is 238. The molecule has 0 N–H and O–H groups in total. The van der Waals surface area contributed by atoms with Crippen LogP contribution in [0, 0.1) is 17.8 Å². The van der Waals surface area contributed by atoms with Gasteiger partial charge in [-0.25, -0.2) is 4.79 Å². The molecule has 2 bridgehead atoms. The Balaban J connectivity index is 1.69. The fourth-order valence-corrected chi connectivity index (χ4v) is 3.30. The van der Waals surface area contributed by atoms with Gasteiger partial charge in [-0.05, 0) is 31.1 Å². The SMILES string of the molecule is O=C1OCC(C2CC3CCC2C3)O1. The highest BCUT2D eigenvalue weighted by Crippen LogP contribution is 2.50. The largest absolute Gasteiger partial charge is 0.508 e. The first kappa shape index (κ1) is 7.65. The van der Waals surface area contributed by atoms with Crippen LogP contribution in [0.4, 0.5) is 4.79 Å². The summed E-state index contributed by atoms with van der Waals surface area (Å²) in [5, 5.41) is 0. The topological polar surface area (TPSA) is 35.5 Å². The molecule has 1 saturated heterocycles. The molecular formula is C10H14O3. The van der Waals surface area contributed by atoms with Gasteiger partial charge in [0.15, 0.2) is 0 Å². The number of hydrogen-bond donors (Lipinski definition) is 0. The van der Waals surface area contributed by atoms with Gasteiger partial charge in [0.05, 0.1) is 0 Å². The van der Waals surface area contributed by atoms with Crippen molar-refractivity contribution in [1.82, 2.24) is 0 Å². The molecule has 3 nitrogen and oxygen atoms in total. The molecule has 72 valence electrons. The van der Waals surface area contributed by atoms with Crippen LogP contribution in [0.2, 0.25) is 0 Å². The van der Waals surface area contributed by atoms with Crippen LogP contribution in [-0.4, -0.2) is 18.9 Å². The second kappa shape index (κ2) is 2.63. The minimum absolute atomic E-state index is 0.0720. The Morgan fingerprint density at radius 3 is 2.69 bits per heavy atom. The van der Waals surface area contributed by atoms with Crippen molar-refractivity contribution in [3.63, 3.8) is 0 Å². The van der Waals surface area contributed by atoms with Crippen molar-refractivity contribution in [3.05, 3.63) is 0 Å². The number of ether oxygens (including phenoxy) is 2. The van der Waals surface area contributed by atoms with E-state index in [1.54, 1.807) is 0 Å². The van der Waals surface area contributed by atoms with Crippen molar-refractivity contribution >= 4 is 6.16 Å². The molecule has 2 aliphatic carbocycles. The zero-order chi connectivity index (χ0) is 8.84. The highest BCUT2D eigenvalue weighted by Gasteiger charge is 2.46. The lowest BCUT2D eigenvalue weighted by Crippen LogP contribution is -2.27. The maximum Gasteiger partial charge on any atom is 0.508 e. The molecule has 0 aromatic rings. The number of rotatable bonds is 1. The fourth-order valence-electron chi connectivity index (χ4n) is 3.30. The van der Waals surface area contributed by atoms with E-state index in [0.717, 1.165) is 11.8 Å². The Kier molecular flexibility index (Phi) is 1.55. The second-order valence-corrected chi connectivity index (χ2v) is 4.56. The zero-order valence-corrected chi connectivity index (χ0v) is 7.57. The van der Waals surface area contributed by atoms with Gasteiger partial charge in [-0.2, -0.15) is 0 Å². The molecule has 0 radical (unpaired) electrons. The van der Waals surface area contributed by atoms with Gasteiger partial charge in [-0.1, -0.05) is 6.42 Å². The van der Waals surface area contributed by atoms with E-state index in [0.29, 0.717) is 12.5 Å². The Morgan fingerprint density at radius 2 is 2.15 bits per heavy atom. The molecule has 4 atom stereocenters. The van der Waals surface area contributed by atoms with Crippen LogP contribution in [0.1, 0.15) is 25.7 Å². The smallest absolute Gasteiger partial charge is 0.430 e. The number of fused-ring (bicyclic) bond motifs is 2. The third-order valence-electron chi connectivity index (χ3n) is 3.88. The maximum atomic E-state index is 10.8. The van der Waals surface area contributed by atoms with Crippen molar-refractivity contribution in [2.45, 2.75) is 31.8 Å². The van der Waals surface area contributed by atoms with Crippen molar-refractivity contribution in [3.8, 4) is 0 Å². The first-order valence-corrected chi connectivity index (χ1v) is 5.16. The van der Waals surface area contributed by atoms with E-state index in [9.17, 15) is 4.79 Å². The third-order valence-corrected chi connectivity index (χ3v) is 3.88. The minimum atomic E-state index is -0.465. The van der Waals surface area contributed by atoms with E-state index in [4.69, 9.17) is 9.47 Å². The quantitative estimate of drug-likeness (QED) is 0.581. The summed E-state index contributed by atoms with van der Waals surface area (Å²) in [6.07, 6.45) is 4.95. The van der Waals surface area contributed by atoms with Crippen molar-refractivity contribution in [2.24, 2.45) is 17.8 Å². The monoisotopic (exact) mass is 182 g/mol. The summed E-state index contributed by atoms with van der Waals surface area (Å²) in [6, 6.07) is 0. The van der Waals surface area contributed by atoms with E-state index in [1.807, 2.05) is 0 Å². The average molecular weight is 182 g/mol. The van der Waals surface area contributed by atoms with Crippen LogP contribution in [-0.2, 0) is 9.47 Å². The normalized spacial score (nSPS) is 47.8. The van der Waals surface area contributed by atoms with Crippen LogP contribution >= 0.6 is 0 Å². The van der Waals surface area contributed by atoms with E-state index in [-0.39, 0.29) is 6.10 Å². The van der Waals surface area contributed by atoms with Crippen LogP contribution in [0.5, 0.6) is 0 Å². The number of carbonyl (C=O) groups excluding carboxylic acids is 1. The Labute approximate surface area is 77.4 Å². The molecule has 4 unspecified atom stereocenters. The summed E-state index contributed by atoms with van der Waals surface area (Å²) >= 11 is 0. The standard InChI is InChI=1S/C10H14O3/c11-10-12-5-9(13-10)8-4-6-1-2-7(8)3-6/h6-9H,1-5H2. The van der Waals surface area contributed by atoms with Gasteiger partial charge in [0.2, 0.25) is 0 Å². The van der Waals surface area contributed by atoms with Crippen LogP contribution in [0.3, 0.4) is 0 Å². The average Bonchev–Trinajstić information content (AvgIpc) is 2.77. The van der Waals surface area contributed by atoms with Gasteiger partial charge in [0.1, 0.15) is 12.7 Å².